The summed E-state index contributed by atoms with van der Waals surface area (Å²) in [5, 5.41) is 0. The first-order valence-corrected chi connectivity index (χ1v) is 4.36. The fourth-order valence-corrected chi connectivity index (χ4v) is 1.65. The molecule has 1 aliphatic carbocycles. The number of allylic oxidation sites excluding steroid dienone is 2. The van der Waals surface area contributed by atoms with Crippen LogP contribution in [-0.4, -0.2) is 0 Å². The second kappa shape index (κ2) is 3.70. The standard InChI is InChI=1S/C10H17/c1-3-6-9(2)10-7-4-5-8-10/h6H,3-5,7-8H2,1-2H3/q+1. The van der Waals surface area contributed by atoms with E-state index in [1.54, 1.807) is 11.1 Å². The first kappa shape index (κ1) is 7.71. The van der Waals surface area contributed by atoms with Crippen molar-refractivity contribution in [2.75, 3.05) is 0 Å². The minimum Gasteiger partial charge on any atom is -0.0439 e. The Morgan fingerprint density at radius 3 is 2.50 bits per heavy atom. The quantitative estimate of drug-likeness (QED) is 0.511. The van der Waals surface area contributed by atoms with Crippen molar-refractivity contribution in [2.24, 2.45) is 0 Å². The van der Waals surface area contributed by atoms with Crippen molar-refractivity contribution >= 4 is 0 Å². The molecule has 0 aromatic carbocycles. The maximum Gasteiger partial charge on any atom is 0.102 e. The van der Waals surface area contributed by atoms with Crippen LogP contribution in [0.2, 0.25) is 0 Å². The number of hydrogen-bond donors (Lipinski definition) is 0. The third-order valence-electron chi connectivity index (χ3n) is 2.28. The fraction of sp³-hybridized carbons (Fsp3) is 0.700. The molecule has 0 aromatic rings. The highest BCUT2D eigenvalue weighted by Gasteiger charge is 2.16. The van der Waals surface area contributed by atoms with E-state index in [2.05, 4.69) is 20.3 Å². The number of rotatable bonds is 2. The molecule has 1 fully saturated rings. The molecule has 0 saturated heterocycles. The van der Waals surface area contributed by atoms with E-state index in [0.717, 1.165) is 0 Å². The highest BCUT2D eigenvalue weighted by Crippen LogP contribution is 2.27. The lowest BCUT2D eigenvalue weighted by Gasteiger charge is -1.91. The minimum atomic E-state index is 1.19. The maximum absolute atomic E-state index is 2.35. The van der Waals surface area contributed by atoms with Gasteiger partial charge >= 0.3 is 0 Å². The lowest BCUT2D eigenvalue weighted by molar-refractivity contribution is 0.886. The second-order valence-electron chi connectivity index (χ2n) is 3.11. The summed E-state index contributed by atoms with van der Waals surface area (Å²) >= 11 is 0. The Kier molecular flexibility index (Phi) is 2.85. The molecule has 1 saturated carbocycles. The summed E-state index contributed by atoms with van der Waals surface area (Å²) < 4.78 is 0. The molecule has 0 amide bonds. The van der Waals surface area contributed by atoms with Crippen molar-refractivity contribution in [2.45, 2.75) is 46.0 Å². The van der Waals surface area contributed by atoms with Crippen LogP contribution in [0.1, 0.15) is 46.0 Å². The molecule has 0 heterocycles. The molecule has 0 aliphatic heterocycles. The predicted octanol–water partition coefficient (Wildman–Crippen LogP) is 3.49. The monoisotopic (exact) mass is 137 g/mol. The zero-order valence-electron chi connectivity index (χ0n) is 7.11. The molecular weight excluding hydrogens is 120 g/mol. The summed E-state index contributed by atoms with van der Waals surface area (Å²) in [6.07, 6.45) is 9.11. The van der Waals surface area contributed by atoms with E-state index in [0.29, 0.717) is 0 Å². The third kappa shape index (κ3) is 1.80. The Hall–Kier alpha value is -0.390. The molecule has 0 heteroatoms. The highest BCUT2D eigenvalue weighted by atomic mass is 14.1. The van der Waals surface area contributed by atoms with Crippen molar-refractivity contribution in [3.63, 3.8) is 0 Å². The minimum absolute atomic E-state index is 1.19. The van der Waals surface area contributed by atoms with Crippen molar-refractivity contribution in [3.05, 3.63) is 17.6 Å². The Balaban J connectivity index is 2.46. The van der Waals surface area contributed by atoms with Gasteiger partial charge in [-0.2, -0.15) is 0 Å². The number of hydrogen-bond acceptors (Lipinski definition) is 0. The Labute approximate surface area is 64.3 Å². The largest absolute Gasteiger partial charge is 0.102 e. The molecule has 0 spiro atoms. The van der Waals surface area contributed by atoms with E-state index in [9.17, 15) is 0 Å². The second-order valence-corrected chi connectivity index (χ2v) is 3.11. The van der Waals surface area contributed by atoms with E-state index < -0.39 is 0 Å². The first-order chi connectivity index (χ1) is 4.84. The molecule has 0 radical (unpaired) electrons. The Morgan fingerprint density at radius 2 is 2.00 bits per heavy atom. The van der Waals surface area contributed by atoms with Gasteiger partial charge in [-0.05, 0) is 26.7 Å². The van der Waals surface area contributed by atoms with E-state index in [4.69, 9.17) is 0 Å². The molecule has 0 nitrogen and oxygen atoms in total. The summed E-state index contributed by atoms with van der Waals surface area (Å²) in [6, 6.07) is 0. The Morgan fingerprint density at radius 1 is 1.40 bits per heavy atom. The van der Waals surface area contributed by atoms with E-state index >= 15 is 0 Å². The van der Waals surface area contributed by atoms with Gasteiger partial charge in [-0.3, -0.25) is 0 Å². The Bertz CT molecular complexity index is 123. The zero-order valence-corrected chi connectivity index (χ0v) is 7.11. The SMILES string of the molecule is CC[CH+]C(C)=C1CCCC1. The molecule has 1 aliphatic rings. The molecule has 0 bridgehead atoms. The van der Waals surface area contributed by atoms with Gasteiger partial charge in [-0.15, -0.1) is 0 Å². The van der Waals surface area contributed by atoms with Crippen LogP contribution in [0.5, 0.6) is 0 Å². The van der Waals surface area contributed by atoms with Gasteiger partial charge in [0, 0.05) is 25.7 Å². The van der Waals surface area contributed by atoms with Crippen molar-refractivity contribution in [3.8, 4) is 0 Å². The summed E-state index contributed by atoms with van der Waals surface area (Å²) in [4.78, 5) is 0. The molecule has 0 atom stereocenters. The molecule has 1 rings (SSSR count). The normalized spacial score (nSPS) is 17.6. The van der Waals surface area contributed by atoms with Gasteiger partial charge in [-0.1, -0.05) is 0 Å². The molecule has 56 valence electrons. The third-order valence-corrected chi connectivity index (χ3v) is 2.28. The van der Waals surface area contributed by atoms with Crippen LogP contribution in [0.25, 0.3) is 0 Å². The molecule has 0 aromatic heterocycles. The van der Waals surface area contributed by atoms with E-state index in [1.165, 1.54) is 32.1 Å². The molecule has 10 heavy (non-hydrogen) atoms. The summed E-state index contributed by atoms with van der Waals surface area (Å²) in [7, 11) is 0. The van der Waals surface area contributed by atoms with Crippen LogP contribution in [0.15, 0.2) is 11.1 Å². The van der Waals surface area contributed by atoms with E-state index in [-0.39, 0.29) is 0 Å². The van der Waals surface area contributed by atoms with Gasteiger partial charge in [-0.25, -0.2) is 0 Å². The molecular formula is C10H17+. The molecule has 0 unspecified atom stereocenters. The topological polar surface area (TPSA) is 0 Å². The average molecular weight is 137 g/mol. The van der Waals surface area contributed by atoms with Gasteiger partial charge in [0.15, 0.2) is 0 Å². The lowest BCUT2D eigenvalue weighted by atomic mass is 10.0. The first-order valence-electron chi connectivity index (χ1n) is 4.36. The lowest BCUT2D eigenvalue weighted by Crippen LogP contribution is -1.83. The van der Waals surface area contributed by atoms with Crippen LogP contribution in [0, 0.1) is 6.42 Å². The average Bonchev–Trinajstić information content (AvgIpc) is 2.38. The molecule has 0 N–H and O–H groups in total. The van der Waals surface area contributed by atoms with Crippen LogP contribution >= 0.6 is 0 Å². The van der Waals surface area contributed by atoms with Gasteiger partial charge in [0.2, 0.25) is 0 Å². The van der Waals surface area contributed by atoms with Crippen molar-refractivity contribution < 1.29 is 0 Å². The maximum atomic E-state index is 2.35. The zero-order chi connectivity index (χ0) is 7.40. The van der Waals surface area contributed by atoms with Gasteiger partial charge in [0.05, 0.1) is 5.57 Å². The summed E-state index contributed by atoms with van der Waals surface area (Å²) in [5.74, 6) is 0. The van der Waals surface area contributed by atoms with Crippen molar-refractivity contribution in [1.29, 1.82) is 0 Å². The van der Waals surface area contributed by atoms with Gasteiger partial charge in [0.25, 0.3) is 0 Å². The van der Waals surface area contributed by atoms with Crippen LogP contribution in [-0.2, 0) is 0 Å². The fourth-order valence-electron chi connectivity index (χ4n) is 1.65. The van der Waals surface area contributed by atoms with Gasteiger partial charge in [0.1, 0.15) is 5.57 Å². The smallest absolute Gasteiger partial charge is 0.0439 e. The van der Waals surface area contributed by atoms with Crippen LogP contribution in [0.4, 0.5) is 0 Å². The van der Waals surface area contributed by atoms with Crippen LogP contribution in [0.3, 0.4) is 0 Å². The highest BCUT2D eigenvalue weighted by molar-refractivity contribution is 5.21. The van der Waals surface area contributed by atoms with Crippen molar-refractivity contribution in [1.82, 2.24) is 0 Å². The van der Waals surface area contributed by atoms with E-state index in [1.807, 2.05) is 0 Å². The van der Waals surface area contributed by atoms with Crippen LogP contribution < -0.4 is 0 Å². The predicted molar refractivity (Wildman–Crippen MR) is 45.8 cm³/mol. The summed E-state index contributed by atoms with van der Waals surface area (Å²) in [5.41, 5.74) is 3.27. The summed E-state index contributed by atoms with van der Waals surface area (Å²) in [6.45, 7) is 4.46. The van der Waals surface area contributed by atoms with Gasteiger partial charge < -0.3 is 0 Å².